The van der Waals surface area contributed by atoms with Crippen LogP contribution in [0.2, 0.25) is 0 Å². The normalized spacial score (nSPS) is 21.9. The van der Waals surface area contributed by atoms with Crippen molar-refractivity contribution in [1.29, 1.82) is 0 Å². The summed E-state index contributed by atoms with van der Waals surface area (Å²) in [5.74, 6) is 0.801. The van der Waals surface area contributed by atoms with Crippen LogP contribution in [-0.4, -0.2) is 68.4 Å². The third-order valence-electron chi connectivity index (χ3n) is 5.17. The molecule has 3 rings (SSSR count). The minimum absolute atomic E-state index is 0.0231. The average molecular weight is 361 g/mol. The molecule has 2 heterocycles. The monoisotopic (exact) mass is 361 g/mol. The fourth-order valence-electron chi connectivity index (χ4n) is 3.75. The first-order chi connectivity index (χ1) is 12.8. The first-order valence-electron chi connectivity index (χ1n) is 9.75. The summed E-state index contributed by atoms with van der Waals surface area (Å²) in [7, 11) is 1.65. The molecule has 2 aliphatic rings. The van der Waals surface area contributed by atoms with Crippen molar-refractivity contribution in [1.82, 2.24) is 15.1 Å². The Morgan fingerprint density at radius 1 is 1.19 bits per heavy atom. The van der Waals surface area contributed by atoms with Crippen molar-refractivity contribution in [2.75, 3.05) is 46.4 Å². The molecule has 2 saturated heterocycles. The summed E-state index contributed by atoms with van der Waals surface area (Å²) in [6.45, 7) is 5.84. The van der Waals surface area contributed by atoms with Gasteiger partial charge in [0.2, 0.25) is 0 Å². The lowest BCUT2D eigenvalue weighted by Gasteiger charge is -2.31. The van der Waals surface area contributed by atoms with Gasteiger partial charge in [-0.15, -0.1) is 0 Å². The number of likely N-dealkylation sites (tertiary alicyclic amines) is 1. The molecule has 2 amide bonds. The minimum atomic E-state index is -0.0231. The Balaban J connectivity index is 1.52. The summed E-state index contributed by atoms with van der Waals surface area (Å²) in [5, 5.41) is 3.03. The van der Waals surface area contributed by atoms with E-state index in [1.54, 1.807) is 7.11 Å². The molecule has 144 valence electrons. The maximum atomic E-state index is 12.7. The van der Waals surface area contributed by atoms with Gasteiger partial charge in [0, 0.05) is 38.3 Å². The second kappa shape index (κ2) is 9.78. The van der Waals surface area contributed by atoms with Crippen LogP contribution >= 0.6 is 0 Å². The molecule has 1 N–H and O–H groups in total. The average Bonchev–Trinajstić information content (AvgIpc) is 2.93. The fourth-order valence-corrected chi connectivity index (χ4v) is 3.75. The van der Waals surface area contributed by atoms with Gasteiger partial charge in [0.05, 0.1) is 13.2 Å². The number of piperidine rings is 1. The summed E-state index contributed by atoms with van der Waals surface area (Å²) < 4.78 is 11.4. The molecule has 1 atom stereocenters. The number of ether oxygens (including phenoxy) is 2. The van der Waals surface area contributed by atoms with Crippen molar-refractivity contribution in [3.63, 3.8) is 0 Å². The molecule has 1 aromatic rings. The van der Waals surface area contributed by atoms with Crippen molar-refractivity contribution >= 4 is 6.03 Å². The number of carbonyl (C=O) groups is 1. The van der Waals surface area contributed by atoms with Crippen LogP contribution in [0.25, 0.3) is 0 Å². The van der Waals surface area contributed by atoms with Crippen molar-refractivity contribution in [3.05, 3.63) is 29.8 Å². The molecule has 26 heavy (non-hydrogen) atoms. The number of rotatable bonds is 5. The lowest BCUT2D eigenvalue weighted by molar-refractivity contribution is 0.0256. The molecule has 0 bridgehead atoms. The number of urea groups is 1. The predicted molar refractivity (Wildman–Crippen MR) is 101 cm³/mol. The Morgan fingerprint density at radius 2 is 2.00 bits per heavy atom. The Labute approximate surface area is 156 Å². The van der Waals surface area contributed by atoms with Crippen LogP contribution in [0, 0.1) is 0 Å². The summed E-state index contributed by atoms with van der Waals surface area (Å²) in [4.78, 5) is 17.0. The van der Waals surface area contributed by atoms with E-state index in [4.69, 9.17) is 9.47 Å². The third-order valence-corrected chi connectivity index (χ3v) is 5.17. The highest BCUT2D eigenvalue weighted by atomic mass is 16.5. The quantitative estimate of drug-likeness (QED) is 0.875. The van der Waals surface area contributed by atoms with Crippen LogP contribution in [0.4, 0.5) is 4.79 Å². The SMILES string of the molecule is COc1ccccc1CNC(=O)N1CCCO[C@H](CN2CCCCC2)C1. The Morgan fingerprint density at radius 3 is 2.81 bits per heavy atom. The second-order valence-corrected chi connectivity index (χ2v) is 7.12. The Kier molecular flexibility index (Phi) is 7.14. The van der Waals surface area contributed by atoms with E-state index in [0.717, 1.165) is 50.5 Å². The van der Waals surface area contributed by atoms with Crippen LogP contribution in [0.15, 0.2) is 24.3 Å². The van der Waals surface area contributed by atoms with E-state index in [-0.39, 0.29) is 12.1 Å². The van der Waals surface area contributed by atoms with Crippen molar-refractivity contribution < 1.29 is 14.3 Å². The van der Waals surface area contributed by atoms with Crippen molar-refractivity contribution in [2.24, 2.45) is 0 Å². The number of para-hydroxylation sites is 1. The molecule has 6 nitrogen and oxygen atoms in total. The van der Waals surface area contributed by atoms with Gasteiger partial charge in [0.1, 0.15) is 5.75 Å². The molecule has 1 aromatic carbocycles. The molecule has 2 fully saturated rings. The molecular weight excluding hydrogens is 330 g/mol. The molecule has 6 heteroatoms. The highest BCUT2D eigenvalue weighted by Crippen LogP contribution is 2.17. The maximum absolute atomic E-state index is 12.7. The number of benzene rings is 1. The molecule has 0 unspecified atom stereocenters. The zero-order chi connectivity index (χ0) is 18.2. The molecule has 0 saturated carbocycles. The van der Waals surface area contributed by atoms with Gasteiger partial charge in [0.25, 0.3) is 0 Å². The first-order valence-corrected chi connectivity index (χ1v) is 9.75. The summed E-state index contributed by atoms with van der Waals surface area (Å²) >= 11 is 0. The second-order valence-electron chi connectivity index (χ2n) is 7.12. The lowest BCUT2D eigenvalue weighted by Crippen LogP contribution is -2.46. The molecular formula is C20H31N3O3. The highest BCUT2D eigenvalue weighted by molar-refractivity contribution is 5.74. The van der Waals surface area contributed by atoms with Gasteiger partial charge in [0.15, 0.2) is 0 Å². The molecule has 0 spiro atoms. The number of carbonyl (C=O) groups excluding carboxylic acids is 1. The van der Waals surface area contributed by atoms with Gasteiger partial charge in [-0.25, -0.2) is 4.79 Å². The van der Waals surface area contributed by atoms with Crippen LogP contribution in [0.5, 0.6) is 5.75 Å². The van der Waals surface area contributed by atoms with E-state index in [2.05, 4.69) is 10.2 Å². The molecule has 2 aliphatic heterocycles. The molecule has 0 aliphatic carbocycles. The molecule has 0 aromatic heterocycles. The zero-order valence-electron chi connectivity index (χ0n) is 15.8. The van der Waals surface area contributed by atoms with Gasteiger partial charge in [-0.3, -0.25) is 0 Å². The summed E-state index contributed by atoms with van der Waals surface area (Å²) in [6, 6.07) is 7.75. The summed E-state index contributed by atoms with van der Waals surface area (Å²) in [6.07, 6.45) is 4.87. The number of nitrogens with one attached hydrogen (secondary N) is 1. The van der Waals surface area contributed by atoms with E-state index in [1.165, 1.54) is 19.3 Å². The van der Waals surface area contributed by atoms with Crippen LogP contribution in [0.1, 0.15) is 31.2 Å². The van der Waals surface area contributed by atoms with E-state index in [1.807, 2.05) is 29.2 Å². The van der Waals surface area contributed by atoms with Gasteiger partial charge >= 0.3 is 6.03 Å². The third kappa shape index (κ3) is 5.35. The predicted octanol–water partition coefficient (Wildman–Crippen LogP) is 2.48. The fraction of sp³-hybridized carbons (Fsp3) is 0.650. The van der Waals surface area contributed by atoms with E-state index < -0.39 is 0 Å². The van der Waals surface area contributed by atoms with Gasteiger partial charge in [-0.05, 0) is 38.4 Å². The Hall–Kier alpha value is -1.79. The smallest absolute Gasteiger partial charge is 0.317 e. The Bertz CT molecular complexity index is 575. The van der Waals surface area contributed by atoms with Crippen LogP contribution in [0.3, 0.4) is 0 Å². The lowest BCUT2D eigenvalue weighted by atomic mass is 10.1. The standard InChI is InChI=1S/C20H31N3O3/c1-25-19-9-4-3-8-17(19)14-21-20(24)23-12-7-13-26-18(16-23)15-22-10-5-2-6-11-22/h3-4,8-9,18H,2,5-7,10-16H2,1H3,(H,21,24)/t18-/m1/s1. The minimum Gasteiger partial charge on any atom is -0.496 e. The van der Waals surface area contributed by atoms with Crippen LogP contribution < -0.4 is 10.1 Å². The number of methoxy groups -OCH3 is 1. The van der Waals surface area contributed by atoms with Gasteiger partial charge in [-0.1, -0.05) is 24.6 Å². The van der Waals surface area contributed by atoms with Gasteiger partial charge in [-0.2, -0.15) is 0 Å². The highest BCUT2D eigenvalue weighted by Gasteiger charge is 2.25. The number of hydrogen-bond donors (Lipinski definition) is 1. The van der Waals surface area contributed by atoms with Gasteiger partial charge < -0.3 is 24.6 Å². The molecule has 0 radical (unpaired) electrons. The first kappa shape index (κ1) is 19.0. The van der Waals surface area contributed by atoms with E-state index in [9.17, 15) is 4.79 Å². The summed E-state index contributed by atoms with van der Waals surface area (Å²) in [5.41, 5.74) is 0.985. The number of nitrogens with zero attached hydrogens (tertiary/aromatic N) is 2. The van der Waals surface area contributed by atoms with Crippen molar-refractivity contribution in [3.8, 4) is 5.75 Å². The maximum Gasteiger partial charge on any atom is 0.317 e. The number of amides is 2. The largest absolute Gasteiger partial charge is 0.496 e. The van der Waals surface area contributed by atoms with Crippen LogP contribution in [-0.2, 0) is 11.3 Å². The van der Waals surface area contributed by atoms with E-state index in [0.29, 0.717) is 13.1 Å². The number of hydrogen-bond acceptors (Lipinski definition) is 4. The van der Waals surface area contributed by atoms with E-state index >= 15 is 0 Å². The van der Waals surface area contributed by atoms with Crippen molar-refractivity contribution in [2.45, 2.75) is 38.3 Å². The topological polar surface area (TPSA) is 54.0 Å². The zero-order valence-corrected chi connectivity index (χ0v) is 15.8.